The highest BCUT2D eigenvalue weighted by molar-refractivity contribution is 9.10. The fourth-order valence-electron chi connectivity index (χ4n) is 2.17. The summed E-state index contributed by atoms with van der Waals surface area (Å²) in [4.78, 5) is 4.58. The van der Waals surface area contributed by atoms with E-state index in [2.05, 4.69) is 26.2 Å². The minimum absolute atomic E-state index is 0.684. The third kappa shape index (κ3) is 3.01. The Kier molecular flexibility index (Phi) is 4.79. The molecule has 2 aromatic rings. The van der Waals surface area contributed by atoms with Gasteiger partial charge in [-0.05, 0) is 60.8 Å². The van der Waals surface area contributed by atoms with Crippen molar-refractivity contribution in [1.82, 2.24) is 4.98 Å². The minimum atomic E-state index is 0.684. The van der Waals surface area contributed by atoms with Gasteiger partial charge in [-0.3, -0.25) is 0 Å². The standard InChI is InChI=1S/C16H18BrClN2O/c1-8-6-7-12(21-5)10(3)15(8)20-16-13(17)14(18)9(2)11(4)19-16/h6-7H,1-5H3,(H,19,20). The molecule has 0 spiro atoms. The van der Waals surface area contributed by atoms with Gasteiger partial charge in [-0.25, -0.2) is 4.98 Å². The molecule has 0 atom stereocenters. The van der Waals surface area contributed by atoms with E-state index in [1.165, 1.54) is 0 Å². The molecule has 1 aromatic heterocycles. The molecule has 0 saturated carbocycles. The van der Waals surface area contributed by atoms with Crippen molar-refractivity contribution in [2.45, 2.75) is 27.7 Å². The summed E-state index contributed by atoms with van der Waals surface area (Å²) in [7, 11) is 1.67. The summed E-state index contributed by atoms with van der Waals surface area (Å²) in [6, 6.07) is 3.98. The van der Waals surface area contributed by atoms with Gasteiger partial charge in [0.15, 0.2) is 0 Å². The zero-order chi connectivity index (χ0) is 15.7. The van der Waals surface area contributed by atoms with Crippen LogP contribution in [0, 0.1) is 27.7 Å². The molecule has 0 fully saturated rings. The lowest BCUT2D eigenvalue weighted by Gasteiger charge is -2.17. The summed E-state index contributed by atoms with van der Waals surface area (Å²) in [6.07, 6.45) is 0. The van der Waals surface area contributed by atoms with E-state index in [9.17, 15) is 0 Å². The third-order valence-electron chi connectivity index (χ3n) is 3.64. The summed E-state index contributed by atoms with van der Waals surface area (Å²) < 4.78 is 6.15. The fourth-order valence-corrected chi connectivity index (χ4v) is 2.88. The molecule has 5 heteroatoms. The number of hydrogen-bond donors (Lipinski definition) is 1. The lowest BCUT2D eigenvalue weighted by atomic mass is 10.1. The Bertz CT molecular complexity index is 701. The smallest absolute Gasteiger partial charge is 0.146 e. The molecule has 2 rings (SSSR count). The lowest BCUT2D eigenvalue weighted by Crippen LogP contribution is -2.03. The van der Waals surface area contributed by atoms with Crippen molar-refractivity contribution in [2.24, 2.45) is 0 Å². The number of aryl methyl sites for hydroxylation is 2. The van der Waals surface area contributed by atoms with Crippen LogP contribution in [0.4, 0.5) is 11.5 Å². The number of hydrogen-bond acceptors (Lipinski definition) is 3. The highest BCUT2D eigenvalue weighted by Crippen LogP contribution is 2.37. The van der Waals surface area contributed by atoms with Crippen molar-refractivity contribution in [2.75, 3.05) is 12.4 Å². The predicted octanol–water partition coefficient (Wildman–Crippen LogP) is 5.48. The van der Waals surface area contributed by atoms with Gasteiger partial charge >= 0.3 is 0 Å². The Morgan fingerprint density at radius 2 is 1.81 bits per heavy atom. The Morgan fingerprint density at radius 1 is 1.14 bits per heavy atom. The third-order valence-corrected chi connectivity index (χ3v) is 5.11. The van der Waals surface area contributed by atoms with Gasteiger partial charge in [0.1, 0.15) is 11.6 Å². The zero-order valence-electron chi connectivity index (χ0n) is 12.8. The summed E-state index contributed by atoms with van der Waals surface area (Å²) in [5.74, 6) is 1.55. The SMILES string of the molecule is COc1ccc(C)c(Nc2nc(C)c(C)c(Cl)c2Br)c1C. The van der Waals surface area contributed by atoms with Crippen LogP contribution in [0.15, 0.2) is 16.6 Å². The van der Waals surface area contributed by atoms with Gasteiger partial charge in [-0.2, -0.15) is 0 Å². The summed E-state index contributed by atoms with van der Waals surface area (Å²) in [6.45, 7) is 7.97. The number of benzene rings is 1. The average Bonchev–Trinajstić information content (AvgIpc) is 2.46. The van der Waals surface area contributed by atoms with Crippen LogP contribution in [0.25, 0.3) is 0 Å². The highest BCUT2D eigenvalue weighted by atomic mass is 79.9. The van der Waals surface area contributed by atoms with Gasteiger partial charge in [0, 0.05) is 16.9 Å². The van der Waals surface area contributed by atoms with E-state index in [1.54, 1.807) is 7.11 Å². The monoisotopic (exact) mass is 368 g/mol. The van der Waals surface area contributed by atoms with Gasteiger partial charge in [0.25, 0.3) is 0 Å². The second kappa shape index (κ2) is 6.24. The topological polar surface area (TPSA) is 34.1 Å². The number of ether oxygens (including phenoxy) is 1. The molecule has 0 radical (unpaired) electrons. The molecule has 1 heterocycles. The van der Waals surface area contributed by atoms with Crippen LogP contribution in [0.1, 0.15) is 22.4 Å². The maximum absolute atomic E-state index is 6.34. The van der Waals surface area contributed by atoms with Gasteiger partial charge in [0.2, 0.25) is 0 Å². The second-order valence-electron chi connectivity index (χ2n) is 5.01. The van der Waals surface area contributed by atoms with Gasteiger partial charge in [0.05, 0.1) is 16.6 Å². The normalized spacial score (nSPS) is 10.6. The zero-order valence-corrected chi connectivity index (χ0v) is 15.1. The molecular formula is C16H18BrClN2O. The largest absolute Gasteiger partial charge is 0.496 e. The van der Waals surface area contributed by atoms with Crippen molar-refractivity contribution in [1.29, 1.82) is 0 Å². The van der Waals surface area contributed by atoms with Crippen LogP contribution in [-0.2, 0) is 0 Å². The molecule has 0 amide bonds. The first-order valence-electron chi connectivity index (χ1n) is 6.60. The number of halogens is 2. The van der Waals surface area contributed by atoms with Crippen LogP contribution in [0.2, 0.25) is 5.02 Å². The van der Waals surface area contributed by atoms with Crippen molar-refractivity contribution in [3.05, 3.63) is 44.0 Å². The van der Waals surface area contributed by atoms with E-state index >= 15 is 0 Å². The predicted molar refractivity (Wildman–Crippen MR) is 92.2 cm³/mol. The molecule has 112 valence electrons. The average molecular weight is 370 g/mol. The second-order valence-corrected chi connectivity index (χ2v) is 6.18. The van der Waals surface area contributed by atoms with Crippen LogP contribution in [-0.4, -0.2) is 12.1 Å². The fraction of sp³-hybridized carbons (Fsp3) is 0.312. The van der Waals surface area contributed by atoms with Gasteiger partial charge in [-0.15, -0.1) is 0 Å². The number of aromatic nitrogens is 1. The van der Waals surface area contributed by atoms with Gasteiger partial charge in [-0.1, -0.05) is 17.7 Å². The lowest BCUT2D eigenvalue weighted by molar-refractivity contribution is 0.412. The van der Waals surface area contributed by atoms with E-state index in [-0.39, 0.29) is 0 Å². The van der Waals surface area contributed by atoms with Crippen LogP contribution in [0.5, 0.6) is 5.75 Å². The van der Waals surface area contributed by atoms with E-state index in [0.29, 0.717) is 10.8 Å². The Morgan fingerprint density at radius 3 is 2.43 bits per heavy atom. The van der Waals surface area contributed by atoms with E-state index < -0.39 is 0 Å². The van der Waals surface area contributed by atoms with Crippen molar-refractivity contribution >= 4 is 39.0 Å². The molecular weight excluding hydrogens is 352 g/mol. The summed E-state index contributed by atoms with van der Waals surface area (Å²) in [5, 5.41) is 4.05. The number of anilines is 2. The van der Waals surface area contributed by atoms with Crippen molar-refractivity contribution in [3.63, 3.8) is 0 Å². The quantitative estimate of drug-likeness (QED) is 0.777. The number of methoxy groups -OCH3 is 1. The first kappa shape index (κ1) is 16.1. The number of nitrogens with one attached hydrogen (secondary N) is 1. The Balaban J connectivity index is 2.53. The highest BCUT2D eigenvalue weighted by Gasteiger charge is 2.15. The van der Waals surface area contributed by atoms with E-state index in [4.69, 9.17) is 16.3 Å². The van der Waals surface area contributed by atoms with Crippen LogP contribution < -0.4 is 10.1 Å². The molecule has 21 heavy (non-hydrogen) atoms. The number of rotatable bonds is 3. The molecule has 0 unspecified atom stereocenters. The van der Waals surface area contributed by atoms with Gasteiger partial charge < -0.3 is 10.1 Å². The maximum Gasteiger partial charge on any atom is 0.146 e. The number of pyridine rings is 1. The first-order valence-corrected chi connectivity index (χ1v) is 7.77. The van der Waals surface area contributed by atoms with E-state index in [1.807, 2.05) is 39.8 Å². The van der Waals surface area contributed by atoms with E-state index in [0.717, 1.165) is 38.3 Å². The van der Waals surface area contributed by atoms with Crippen LogP contribution in [0.3, 0.4) is 0 Å². The molecule has 0 aliphatic carbocycles. The molecule has 0 bridgehead atoms. The Labute approximate surface area is 138 Å². The Hall–Kier alpha value is -1.26. The van der Waals surface area contributed by atoms with Crippen molar-refractivity contribution in [3.8, 4) is 5.75 Å². The van der Waals surface area contributed by atoms with Crippen LogP contribution >= 0.6 is 27.5 Å². The summed E-state index contributed by atoms with van der Waals surface area (Å²) in [5.41, 5.74) is 5.04. The molecule has 3 nitrogen and oxygen atoms in total. The molecule has 0 saturated heterocycles. The maximum atomic E-state index is 6.34. The molecule has 0 aliphatic heterocycles. The molecule has 0 aliphatic rings. The molecule has 1 aromatic carbocycles. The summed E-state index contributed by atoms with van der Waals surface area (Å²) >= 11 is 9.86. The van der Waals surface area contributed by atoms with Crippen molar-refractivity contribution < 1.29 is 4.74 Å². The first-order chi connectivity index (χ1) is 9.86. The molecule has 1 N–H and O–H groups in total. The number of nitrogens with zero attached hydrogens (tertiary/aromatic N) is 1. The minimum Gasteiger partial charge on any atom is -0.496 e.